The van der Waals surface area contributed by atoms with E-state index in [1.54, 1.807) is 19.1 Å². The number of methoxy groups -OCH3 is 2. The lowest BCUT2D eigenvalue weighted by molar-refractivity contribution is 0.0176. The third-order valence-electron chi connectivity index (χ3n) is 6.55. The summed E-state index contributed by atoms with van der Waals surface area (Å²) in [5, 5.41) is 10.9. The lowest BCUT2D eigenvalue weighted by Gasteiger charge is -2.27. The summed E-state index contributed by atoms with van der Waals surface area (Å²) in [6.07, 6.45) is 1.58. The lowest BCUT2D eigenvalue weighted by atomic mass is 9.80. The highest BCUT2D eigenvalue weighted by molar-refractivity contribution is 5.69. The van der Waals surface area contributed by atoms with Gasteiger partial charge in [-0.2, -0.15) is 0 Å². The van der Waals surface area contributed by atoms with Crippen LogP contribution in [0, 0.1) is 17.8 Å². The number of aliphatic hydroxyl groups is 1. The van der Waals surface area contributed by atoms with Crippen molar-refractivity contribution < 1.29 is 28.8 Å². The summed E-state index contributed by atoms with van der Waals surface area (Å²) in [6, 6.07) is 5.83. The molecule has 0 aromatic heterocycles. The molecule has 1 aliphatic heterocycles. The van der Waals surface area contributed by atoms with Gasteiger partial charge in [0.15, 0.2) is 11.5 Å². The molecule has 1 fully saturated rings. The van der Waals surface area contributed by atoms with Gasteiger partial charge in [0.2, 0.25) is 0 Å². The van der Waals surface area contributed by atoms with E-state index in [2.05, 4.69) is 26.0 Å². The third kappa shape index (κ3) is 8.05. The van der Waals surface area contributed by atoms with Gasteiger partial charge in [0.25, 0.3) is 0 Å². The molecule has 1 aliphatic rings. The average Bonchev–Trinajstić information content (AvgIpc) is 3.04. The van der Waals surface area contributed by atoms with E-state index in [9.17, 15) is 9.90 Å². The molecule has 7 heteroatoms. The minimum Gasteiger partial charge on any atom is -0.493 e. The maximum Gasteiger partial charge on any atom is 0.410 e. The number of hydrogen-bond donors (Lipinski definition) is 1. The molecule has 7 nitrogen and oxygen atoms in total. The highest BCUT2D eigenvalue weighted by atomic mass is 16.6. The molecule has 34 heavy (non-hydrogen) atoms. The number of aliphatic hydroxyl groups excluding tert-OH is 1. The number of ether oxygens (including phenoxy) is 4. The van der Waals surface area contributed by atoms with Crippen LogP contribution >= 0.6 is 0 Å². The Balaban J connectivity index is 2.08. The molecule has 2 rings (SSSR count). The monoisotopic (exact) mass is 479 g/mol. The molecule has 1 heterocycles. The number of hydrogen-bond acceptors (Lipinski definition) is 6. The minimum atomic E-state index is -0.565. The van der Waals surface area contributed by atoms with Crippen molar-refractivity contribution in [1.29, 1.82) is 0 Å². The molecule has 1 aromatic rings. The van der Waals surface area contributed by atoms with Gasteiger partial charge in [-0.25, -0.2) is 4.79 Å². The van der Waals surface area contributed by atoms with Gasteiger partial charge in [-0.1, -0.05) is 19.9 Å². The molecule has 0 saturated carbocycles. The summed E-state index contributed by atoms with van der Waals surface area (Å²) in [4.78, 5) is 14.3. The summed E-state index contributed by atoms with van der Waals surface area (Å²) in [7, 11) is 3.33. The summed E-state index contributed by atoms with van der Waals surface area (Å²) in [6.45, 7) is 13.6. The Hall–Kier alpha value is -1.99. The van der Waals surface area contributed by atoms with Crippen LogP contribution in [0.4, 0.5) is 4.79 Å². The topological polar surface area (TPSA) is 77.5 Å². The van der Waals surface area contributed by atoms with Crippen LogP contribution in [-0.4, -0.2) is 67.8 Å². The first-order chi connectivity index (χ1) is 16.0. The van der Waals surface area contributed by atoms with Crippen molar-refractivity contribution >= 4 is 6.09 Å². The van der Waals surface area contributed by atoms with Crippen LogP contribution in [0.15, 0.2) is 18.2 Å². The zero-order valence-corrected chi connectivity index (χ0v) is 22.3. The van der Waals surface area contributed by atoms with Gasteiger partial charge in [-0.15, -0.1) is 0 Å². The highest BCUT2D eigenvalue weighted by Crippen LogP contribution is 2.35. The fraction of sp³-hybridized carbons (Fsp3) is 0.741. The third-order valence-corrected chi connectivity index (χ3v) is 6.55. The van der Waals surface area contributed by atoms with Gasteiger partial charge in [0.05, 0.1) is 25.9 Å². The van der Waals surface area contributed by atoms with Crippen molar-refractivity contribution in [1.82, 2.24) is 4.90 Å². The molecular weight excluding hydrogens is 434 g/mol. The maximum atomic E-state index is 12.7. The van der Waals surface area contributed by atoms with E-state index in [0.29, 0.717) is 31.6 Å². The second-order valence-electron chi connectivity index (χ2n) is 10.7. The van der Waals surface area contributed by atoms with Gasteiger partial charge in [-0.05, 0) is 70.1 Å². The predicted molar refractivity (Wildman–Crippen MR) is 134 cm³/mol. The van der Waals surface area contributed by atoms with Crippen LogP contribution in [0.5, 0.6) is 11.5 Å². The standard InChI is InChI=1S/C27H45NO6/c1-18(2)21(14-20-10-11-23(32-8)24(15-20)33-13-9-12-31-7)16-22-17-28(19(3)25(22)29)26(30)34-27(4,5)6/h10-11,15,18-19,21-22,25,29H,9,12-14,16-17H2,1-8H3/t19?,21-,22-,25+/m0/s1. The second-order valence-corrected chi connectivity index (χ2v) is 10.7. The fourth-order valence-corrected chi connectivity index (χ4v) is 4.51. The molecule has 0 spiro atoms. The van der Waals surface area contributed by atoms with Gasteiger partial charge >= 0.3 is 6.09 Å². The highest BCUT2D eigenvalue weighted by Gasteiger charge is 2.43. The van der Waals surface area contributed by atoms with Gasteiger partial charge in [0, 0.05) is 32.6 Å². The molecule has 1 saturated heterocycles. The molecule has 0 aliphatic carbocycles. The number of carbonyl (C=O) groups is 1. The van der Waals surface area contributed by atoms with Gasteiger partial charge < -0.3 is 29.0 Å². The lowest BCUT2D eigenvalue weighted by Crippen LogP contribution is -2.40. The molecule has 1 unspecified atom stereocenters. The average molecular weight is 480 g/mol. The van der Waals surface area contributed by atoms with E-state index in [4.69, 9.17) is 18.9 Å². The number of nitrogens with zero attached hydrogens (tertiary/aromatic N) is 1. The van der Waals surface area contributed by atoms with E-state index in [-0.39, 0.29) is 18.1 Å². The van der Waals surface area contributed by atoms with Crippen molar-refractivity contribution in [3.05, 3.63) is 23.8 Å². The molecular formula is C27H45NO6. The largest absolute Gasteiger partial charge is 0.493 e. The van der Waals surface area contributed by atoms with Gasteiger partial charge in [-0.3, -0.25) is 0 Å². The molecule has 1 N–H and O–H groups in total. The predicted octanol–water partition coefficient (Wildman–Crippen LogP) is 4.93. The van der Waals surface area contributed by atoms with Crippen molar-refractivity contribution in [2.75, 3.05) is 34.0 Å². The molecule has 1 amide bonds. The first kappa shape index (κ1) is 28.2. The van der Waals surface area contributed by atoms with Crippen molar-refractivity contribution in [3.63, 3.8) is 0 Å². The SMILES string of the molecule is COCCCOc1cc(C[C@@H](C[C@H]2CN(C(=O)OC(C)(C)C)C(C)[C@H]2O)C(C)C)ccc1OC. The van der Waals surface area contributed by atoms with E-state index >= 15 is 0 Å². The van der Waals surface area contributed by atoms with E-state index in [1.807, 2.05) is 33.8 Å². The molecule has 4 atom stereocenters. The Bertz CT molecular complexity index is 775. The van der Waals surface area contributed by atoms with E-state index in [1.165, 1.54) is 5.56 Å². The smallest absolute Gasteiger partial charge is 0.410 e. The Morgan fingerprint density at radius 3 is 2.47 bits per heavy atom. The molecule has 0 radical (unpaired) electrons. The number of amides is 1. The number of likely N-dealkylation sites (tertiary alicyclic amines) is 1. The number of carbonyl (C=O) groups excluding carboxylic acids is 1. The Kier molecular flexibility index (Phi) is 10.5. The van der Waals surface area contributed by atoms with Crippen LogP contribution in [-0.2, 0) is 15.9 Å². The summed E-state index contributed by atoms with van der Waals surface area (Å²) < 4.78 is 22.1. The Labute approximate surface area is 205 Å². The minimum absolute atomic E-state index is 0.0120. The van der Waals surface area contributed by atoms with E-state index < -0.39 is 11.7 Å². The molecule has 0 bridgehead atoms. The maximum absolute atomic E-state index is 12.7. The van der Waals surface area contributed by atoms with Crippen LogP contribution in [0.1, 0.15) is 59.9 Å². The second kappa shape index (κ2) is 12.6. The molecule has 194 valence electrons. The van der Waals surface area contributed by atoms with Crippen molar-refractivity contribution in [2.24, 2.45) is 17.8 Å². The van der Waals surface area contributed by atoms with Crippen LogP contribution in [0.25, 0.3) is 0 Å². The Morgan fingerprint density at radius 2 is 1.88 bits per heavy atom. The Morgan fingerprint density at radius 1 is 1.18 bits per heavy atom. The first-order valence-corrected chi connectivity index (χ1v) is 12.4. The summed E-state index contributed by atoms with van der Waals surface area (Å²) in [5.41, 5.74) is 0.614. The van der Waals surface area contributed by atoms with Crippen LogP contribution < -0.4 is 9.47 Å². The fourth-order valence-electron chi connectivity index (χ4n) is 4.51. The zero-order valence-electron chi connectivity index (χ0n) is 22.3. The number of benzene rings is 1. The van der Waals surface area contributed by atoms with Crippen molar-refractivity contribution in [3.8, 4) is 11.5 Å². The van der Waals surface area contributed by atoms with Crippen LogP contribution in [0.2, 0.25) is 0 Å². The summed E-state index contributed by atoms with van der Waals surface area (Å²) in [5.74, 6) is 2.24. The first-order valence-electron chi connectivity index (χ1n) is 12.4. The van der Waals surface area contributed by atoms with Crippen molar-refractivity contribution in [2.45, 2.75) is 78.6 Å². The summed E-state index contributed by atoms with van der Waals surface area (Å²) >= 11 is 0. The number of rotatable bonds is 11. The van der Waals surface area contributed by atoms with Crippen LogP contribution in [0.3, 0.4) is 0 Å². The quantitative estimate of drug-likeness (QED) is 0.454. The van der Waals surface area contributed by atoms with Gasteiger partial charge in [0.1, 0.15) is 5.60 Å². The normalized spacial score (nSPS) is 21.6. The molecule has 1 aromatic carbocycles. The zero-order chi connectivity index (χ0) is 25.5. The van der Waals surface area contributed by atoms with E-state index in [0.717, 1.165) is 30.8 Å².